The number of amides is 2. The molecule has 0 aromatic heterocycles. The van der Waals surface area contributed by atoms with E-state index in [1.54, 1.807) is 12.1 Å². The van der Waals surface area contributed by atoms with Crippen molar-refractivity contribution in [1.82, 2.24) is 10.2 Å². The summed E-state index contributed by atoms with van der Waals surface area (Å²) in [6.07, 6.45) is -1.01. The second-order valence-electron chi connectivity index (χ2n) is 7.51. The fourth-order valence-electron chi connectivity index (χ4n) is 4.23. The molecule has 3 atom stereocenters. The number of rotatable bonds is 5. The van der Waals surface area contributed by atoms with Crippen molar-refractivity contribution in [3.63, 3.8) is 0 Å². The molecule has 4 rings (SSSR count). The standard InChI is InChI=1S/C19H22FN5O3/c1-12(26)22-7-15-10-25(19(27)28-15)14-2-3-17(16(20)6-14)24-9-13-8-23(5-4-21)18(13)11-24/h2-3,6,13,15,18H,5,7-11H2,1H3,(H,22,26)/t13-,15-,18+/m0/s1. The summed E-state index contributed by atoms with van der Waals surface area (Å²) in [5, 5.41) is 11.5. The molecule has 0 saturated carbocycles. The number of hydrogen-bond acceptors (Lipinski definition) is 6. The lowest BCUT2D eigenvalue weighted by Crippen LogP contribution is -2.55. The molecule has 28 heavy (non-hydrogen) atoms. The van der Waals surface area contributed by atoms with Gasteiger partial charge in [0.25, 0.3) is 0 Å². The van der Waals surface area contributed by atoms with Crippen LogP contribution in [0.15, 0.2) is 18.2 Å². The number of carbonyl (C=O) groups excluding carboxylic acids is 2. The third-order valence-electron chi connectivity index (χ3n) is 5.65. The number of nitriles is 1. The summed E-state index contributed by atoms with van der Waals surface area (Å²) in [6, 6.07) is 7.24. The van der Waals surface area contributed by atoms with E-state index in [2.05, 4.69) is 16.3 Å². The Kier molecular flexibility index (Phi) is 4.81. The molecule has 0 aliphatic carbocycles. The second kappa shape index (κ2) is 7.28. The Hall–Kier alpha value is -2.86. The maximum Gasteiger partial charge on any atom is 0.414 e. The summed E-state index contributed by atoms with van der Waals surface area (Å²) < 4.78 is 20.0. The van der Waals surface area contributed by atoms with Gasteiger partial charge in [-0.1, -0.05) is 0 Å². The summed E-state index contributed by atoms with van der Waals surface area (Å²) in [6.45, 7) is 4.65. The monoisotopic (exact) mass is 387 g/mol. The summed E-state index contributed by atoms with van der Waals surface area (Å²) in [4.78, 5) is 28.6. The lowest BCUT2D eigenvalue weighted by atomic mass is 9.92. The average Bonchev–Trinajstić information content (AvgIpc) is 3.18. The van der Waals surface area contributed by atoms with Crippen LogP contribution < -0.4 is 15.1 Å². The largest absolute Gasteiger partial charge is 0.442 e. The van der Waals surface area contributed by atoms with E-state index in [0.717, 1.165) is 13.1 Å². The van der Waals surface area contributed by atoms with Crippen molar-refractivity contribution in [2.75, 3.05) is 49.1 Å². The number of carbonyl (C=O) groups is 2. The van der Waals surface area contributed by atoms with Crippen LogP contribution in [0.3, 0.4) is 0 Å². The fraction of sp³-hybridized carbons (Fsp3) is 0.526. The van der Waals surface area contributed by atoms with E-state index in [-0.39, 0.29) is 24.8 Å². The molecule has 3 fully saturated rings. The van der Waals surface area contributed by atoms with Crippen molar-refractivity contribution in [2.45, 2.75) is 19.1 Å². The van der Waals surface area contributed by atoms with Crippen molar-refractivity contribution in [1.29, 1.82) is 5.26 Å². The minimum absolute atomic E-state index is 0.196. The molecule has 9 heteroatoms. The van der Waals surface area contributed by atoms with Gasteiger partial charge in [0.1, 0.15) is 11.9 Å². The van der Waals surface area contributed by atoms with Gasteiger partial charge in [0.05, 0.1) is 37.1 Å². The summed E-state index contributed by atoms with van der Waals surface area (Å²) in [5.74, 6) is -0.114. The molecule has 148 valence electrons. The van der Waals surface area contributed by atoms with Crippen LogP contribution in [0.4, 0.5) is 20.6 Å². The fourth-order valence-corrected chi connectivity index (χ4v) is 4.23. The Morgan fingerprint density at radius 3 is 2.89 bits per heavy atom. The first kappa shape index (κ1) is 18.5. The molecule has 2 amide bonds. The van der Waals surface area contributed by atoms with Gasteiger partial charge in [-0.05, 0) is 18.2 Å². The first-order valence-electron chi connectivity index (χ1n) is 9.34. The summed E-state index contributed by atoms with van der Waals surface area (Å²) >= 11 is 0. The number of benzene rings is 1. The number of nitrogens with zero attached hydrogens (tertiary/aromatic N) is 4. The second-order valence-corrected chi connectivity index (χ2v) is 7.51. The predicted molar refractivity (Wildman–Crippen MR) is 99.4 cm³/mol. The molecule has 3 heterocycles. The van der Waals surface area contributed by atoms with Crippen molar-refractivity contribution in [3.05, 3.63) is 24.0 Å². The predicted octanol–water partition coefficient (Wildman–Crippen LogP) is 0.931. The van der Waals surface area contributed by atoms with Crippen molar-refractivity contribution in [3.8, 4) is 6.07 Å². The number of ether oxygens (including phenoxy) is 1. The van der Waals surface area contributed by atoms with Crippen LogP contribution in [0.25, 0.3) is 0 Å². The minimum atomic E-state index is -0.547. The van der Waals surface area contributed by atoms with Gasteiger partial charge in [0.2, 0.25) is 5.91 Å². The Bertz CT molecular complexity index is 841. The Balaban J connectivity index is 1.42. The first-order chi connectivity index (χ1) is 13.5. The topological polar surface area (TPSA) is 88.9 Å². The van der Waals surface area contributed by atoms with Crippen LogP contribution in [0, 0.1) is 23.1 Å². The molecule has 8 nitrogen and oxygen atoms in total. The lowest BCUT2D eigenvalue weighted by molar-refractivity contribution is -0.119. The van der Waals surface area contributed by atoms with Gasteiger partial charge >= 0.3 is 6.09 Å². The third-order valence-corrected chi connectivity index (χ3v) is 5.65. The number of halogens is 1. The van der Waals surface area contributed by atoms with Gasteiger partial charge in [-0.3, -0.25) is 14.6 Å². The Labute approximate surface area is 162 Å². The number of cyclic esters (lactones) is 1. The molecule has 1 aromatic rings. The molecule has 3 aliphatic heterocycles. The van der Waals surface area contributed by atoms with Crippen LogP contribution >= 0.6 is 0 Å². The van der Waals surface area contributed by atoms with Crippen LogP contribution in [0.5, 0.6) is 0 Å². The molecule has 3 saturated heterocycles. The van der Waals surface area contributed by atoms with E-state index in [4.69, 9.17) is 10.00 Å². The van der Waals surface area contributed by atoms with E-state index < -0.39 is 12.2 Å². The number of fused-ring (bicyclic) bond motifs is 1. The Morgan fingerprint density at radius 1 is 1.36 bits per heavy atom. The maximum atomic E-state index is 14.8. The van der Waals surface area contributed by atoms with Crippen LogP contribution in [0.2, 0.25) is 0 Å². The van der Waals surface area contributed by atoms with Gasteiger partial charge < -0.3 is 15.0 Å². The number of hydrogen-bond donors (Lipinski definition) is 1. The number of nitrogens with one attached hydrogen (secondary N) is 1. The summed E-state index contributed by atoms with van der Waals surface area (Å²) in [7, 11) is 0. The average molecular weight is 387 g/mol. The van der Waals surface area contributed by atoms with E-state index >= 15 is 0 Å². The molecule has 1 N–H and O–H groups in total. The quantitative estimate of drug-likeness (QED) is 0.757. The highest BCUT2D eigenvalue weighted by Gasteiger charge is 2.45. The van der Waals surface area contributed by atoms with Gasteiger partial charge in [-0.2, -0.15) is 5.26 Å². The normalized spacial score (nSPS) is 26.5. The zero-order valence-electron chi connectivity index (χ0n) is 15.6. The highest BCUT2D eigenvalue weighted by molar-refractivity contribution is 5.90. The van der Waals surface area contributed by atoms with Crippen molar-refractivity contribution >= 4 is 23.4 Å². The zero-order valence-corrected chi connectivity index (χ0v) is 15.6. The highest BCUT2D eigenvalue weighted by Crippen LogP contribution is 2.36. The third kappa shape index (κ3) is 3.36. The van der Waals surface area contributed by atoms with Crippen molar-refractivity contribution < 1.29 is 18.7 Å². The van der Waals surface area contributed by atoms with E-state index in [1.807, 2.05) is 4.90 Å². The van der Waals surface area contributed by atoms with Crippen LogP contribution in [0.1, 0.15) is 6.92 Å². The van der Waals surface area contributed by atoms with Crippen molar-refractivity contribution in [2.24, 2.45) is 5.92 Å². The molecule has 0 bridgehead atoms. The maximum absolute atomic E-state index is 14.8. The Morgan fingerprint density at radius 2 is 2.18 bits per heavy atom. The lowest BCUT2D eigenvalue weighted by Gasteiger charge is -2.41. The van der Waals surface area contributed by atoms with Gasteiger partial charge in [-0.15, -0.1) is 0 Å². The first-order valence-corrected chi connectivity index (χ1v) is 9.34. The van der Waals surface area contributed by atoms with Gasteiger partial charge in [0.15, 0.2) is 0 Å². The minimum Gasteiger partial charge on any atom is -0.442 e. The number of anilines is 2. The molecular formula is C19H22FN5O3. The van der Waals surface area contributed by atoms with Crippen LogP contribution in [-0.4, -0.2) is 68.3 Å². The zero-order chi connectivity index (χ0) is 19.8. The molecule has 0 unspecified atom stereocenters. The van der Waals surface area contributed by atoms with Gasteiger partial charge in [0, 0.05) is 38.5 Å². The molecule has 3 aliphatic rings. The molecule has 0 spiro atoms. The smallest absolute Gasteiger partial charge is 0.414 e. The van der Waals surface area contributed by atoms with E-state index in [1.165, 1.54) is 17.9 Å². The summed E-state index contributed by atoms with van der Waals surface area (Å²) in [5.41, 5.74) is 0.947. The highest BCUT2D eigenvalue weighted by atomic mass is 19.1. The van der Waals surface area contributed by atoms with Gasteiger partial charge in [-0.25, -0.2) is 9.18 Å². The van der Waals surface area contributed by atoms with E-state index in [0.29, 0.717) is 36.4 Å². The molecular weight excluding hydrogens is 365 g/mol. The molecule has 1 aromatic carbocycles. The molecule has 0 radical (unpaired) electrons. The number of likely N-dealkylation sites (tertiary alicyclic amines) is 1. The SMILES string of the molecule is CC(=O)NC[C@H]1CN(c2ccc(N3C[C@@H]4CN(CC#N)[C@@H]4C3)c(F)c2)C(=O)O1. The van der Waals surface area contributed by atoms with Crippen LogP contribution in [-0.2, 0) is 9.53 Å². The van der Waals surface area contributed by atoms with E-state index in [9.17, 15) is 14.0 Å².